The molecule has 6 nitrogen and oxygen atoms in total. The topological polar surface area (TPSA) is 59.1 Å². The van der Waals surface area contributed by atoms with E-state index in [0.29, 0.717) is 42.2 Å². The Balaban J connectivity index is 1.36. The Morgan fingerprint density at radius 3 is 2.39 bits per heavy atom. The Kier molecular flexibility index (Phi) is 5.21. The summed E-state index contributed by atoms with van der Waals surface area (Å²) in [5.41, 5.74) is 0.0311. The highest BCUT2D eigenvalue weighted by Crippen LogP contribution is 2.31. The first-order chi connectivity index (χ1) is 13.5. The first-order valence-corrected chi connectivity index (χ1v) is 9.74. The van der Waals surface area contributed by atoms with Crippen molar-refractivity contribution < 1.29 is 23.5 Å². The highest BCUT2D eigenvalue weighted by molar-refractivity contribution is 9.10. The van der Waals surface area contributed by atoms with Crippen LogP contribution in [0.5, 0.6) is 11.5 Å². The SMILES string of the molecule is O=C(c1ccc(Br)cc1F)N1CCN(C(=O)C2COc3ccccc3O2)CC1. The lowest BCUT2D eigenvalue weighted by Gasteiger charge is -2.37. The molecule has 8 heteroatoms. The van der Waals surface area contributed by atoms with Crippen LogP contribution in [0.25, 0.3) is 0 Å². The van der Waals surface area contributed by atoms with Gasteiger partial charge < -0.3 is 19.3 Å². The van der Waals surface area contributed by atoms with Gasteiger partial charge in [0.2, 0.25) is 6.10 Å². The van der Waals surface area contributed by atoms with Gasteiger partial charge in [0.15, 0.2) is 11.5 Å². The fourth-order valence-electron chi connectivity index (χ4n) is 3.31. The second-order valence-electron chi connectivity index (χ2n) is 6.61. The summed E-state index contributed by atoms with van der Waals surface area (Å²) < 4.78 is 26.0. The summed E-state index contributed by atoms with van der Waals surface area (Å²) >= 11 is 3.18. The standard InChI is InChI=1S/C20H18BrFN2O4/c21-13-5-6-14(15(22)11-13)19(25)23-7-9-24(10-8-23)20(26)18-12-27-16-3-1-2-4-17(16)28-18/h1-6,11,18H,7-10,12H2. The summed E-state index contributed by atoms with van der Waals surface area (Å²) in [4.78, 5) is 28.5. The molecule has 1 fully saturated rings. The average Bonchev–Trinajstić information content (AvgIpc) is 2.72. The van der Waals surface area contributed by atoms with Crippen LogP contribution in [-0.2, 0) is 4.79 Å². The van der Waals surface area contributed by atoms with E-state index in [4.69, 9.17) is 9.47 Å². The molecule has 0 aromatic heterocycles. The minimum absolute atomic E-state index is 0.0311. The number of carbonyl (C=O) groups excluding carboxylic acids is 2. The van der Waals surface area contributed by atoms with Crippen LogP contribution in [0.1, 0.15) is 10.4 Å². The Labute approximate surface area is 169 Å². The van der Waals surface area contributed by atoms with Crippen LogP contribution in [0.3, 0.4) is 0 Å². The van der Waals surface area contributed by atoms with Crippen LogP contribution >= 0.6 is 15.9 Å². The molecular formula is C20H18BrFN2O4. The van der Waals surface area contributed by atoms with Crippen molar-refractivity contribution in [1.82, 2.24) is 9.80 Å². The molecule has 0 bridgehead atoms. The number of ether oxygens (including phenoxy) is 2. The third-order valence-electron chi connectivity index (χ3n) is 4.82. The third-order valence-corrected chi connectivity index (χ3v) is 5.32. The first-order valence-electron chi connectivity index (χ1n) is 8.94. The maximum absolute atomic E-state index is 14.1. The lowest BCUT2D eigenvalue weighted by molar-refractivity contribution is -0.142. The zero-order valence-corrected chi connectivity index (χ0v) is 16.5. The van der Waals surface area contributed by atoms with Crippen molar-refractivity contribution in [2.24, 2.45) is 0 Å². The molecule has 2 heterocycles. The van der Waals surface area contributed by atoms with Gasteiger partial charge in [-0.3, -0.25) is 9.59 Å². The number of amides is 2. The van der Waals surface area contributed by atoms with E-state index in [9.17, 15) is 14.0 Å². The molecule has 1 saturated heterocycles. The predicted molar refractivity (Wildman–Crippen MR) is 103 cm³/mol. The molecule has 2 aliphatic rings. The number of hydrogen-bond donors (Lipinski definition) is 0. The number of fused-ring (bicyclic) bond motifs is 1. The van der Waals surface area contributed by atoms with Gasteiger partial charge in [-0.15, -0.1) is 0 Å². The fraction of sp³-hybridized carbons (Fsp3) is 0.300. The highest BCUT2D eigenvalue weighted by Gasteiger charge is 2.33. The van der Waals surface area contributed by atoms with Gasteiger partial charge in [0.25, 0.3) is 11.8 Å². The average molecular weight is 449 g/mol. The second-order valence-corrected chi connectivity index (χ2v) is 7.52. The third kappa shape index (κ3) is 3.69. The van der Waals surface area contributed by atoms with Gasteiger partial charge in [-0.25, -0.2) is 4.39 Å². The monoisotopic (exact) mass is 448 g/mol. The van der Waals surface area contributed by atoms with Gasteiger partial charge in [-0.05, 0) is 30.3 Å². The van der Waals surface area contributed by atoms with Crippen molar-refractivity contribution in [3.05, 3.63) is 58.3 Å². The molecule has 28 heavy (non-hydrogen) atoms. The maximum Gasteiger partial charge on any atom is 0.267 e. The molecule has 0 saturated carbocycles. The van der Waals surface area contributed by atoms with Gasteiger partial charge in [0.05, 0.1) is 5.56 Å². The first kappa shape index (κ1) is 18.7. The van der Waals surface area contributed by atoms with Crippen molar-refractivity contribution in [3.8, 4) is 11.5 Å². The van der Waals surface area contributed by atoms with Gasteiger partial charge in [0.1, 0.15) is 12.4 Å². The molecule has 4 rings (SSSR count). The van der Waals surface area contributed by atoms with E-state index in [0.717, 1.165) is 0 Å². The molecule has 1 unspecified atom stereocenters. The smallest absolute Gasteiger partial charge is 0.267 e. The van der Waals surface area contributed by atoms with Crippen molar-refractivity contribution in [1.29, 1.82) is 0 Å². The molecule has 146 valence electrons. The Hall–Kier alpha value is -2.61. The van der Waals surface area contributed by atoms with Crippen LogP contribution < -0.4 is 9.47 Å². The number of para-hydroxylation sites is 2. The summed E-state index contributed by atoms with van der Waals surface area (Å²) in [6.45, 7) is 1.56. The van der Waals surface area contributed by atoms with E-state index in [-0.39, 0.29) is 24.0 Å². The Morgan fingerprint density at radius 1 is 1.00 bits per heavy atom. The highest BCUT2D eigenvalue weighted by atomic mass is 79.9. The van der Waals surface area contributed by atoms with E-state index in [1.54, 1.807) is 28.0 Å². The number of nitrogens with zero attached hydrogens (tertiary/aromatic N) is 2. The molecular weight excluding hydrogens is 431 g/mol. The molecule has 0 N–H and O–H groups in total. The van der Waals surface area contributed by atoms with Crippen molar-refractivity contribution in [3.63, 3.8) is 0 Å². The van der Waals surface area contributed by atoms with Gasteiger partial charge in [0, 0.05) is 30.7 Å². The van der Waals surface area contributed by atoms with E-state index < -0.39 is 11.9 Å². The van der Waals surface area contributed by atoms with Gasteiger partial charge in [-0.2, -0.15) is 0 Å². The number of rotatable bonds is 2. The normalized spacial score (nSPS) is 18.7. The molecule has 0 aliphatic carbocycles. The molecule has 0 spiro atoms. The predicted octanol–water partition coefficient (Wildman–Crippen LogP) is 2.71. The number of carbonyl (C=O) groups is 2. The van der Waals surface area contributed by atoms with Gasteiger partial charge in [-0.1, -0.05) is 28.1 Å². The lowest BCUT2D eigenvalue weighted by Crippen LogP contribution is -2.55. The van der Waals surface area contributed by atoms with Crippen LogP contribution in [0.2, 0.25) is 0 Å². The summed E-state index contributed by atoms with van der Waals surface area (Å²) in [6.07, 6.45) is -0.707. The number of halogens is 2. The van der Waals surface area contributed by atoms with Crippen molar-refractivity contribution in [2.75, 3.05) is 32.8 Å². The van der Waals surface area contributed by atoms with E-state index in [1.807, 2.05) is 12.1 Å². The van der Waals surface area contributed by atoms with Crippen LogP contribution in [0, 0.1) is 5.82 Å². The minimum Gasteiger partial charge on any atom is -0.485 e. The molecule has 2 aromatic carbocycles. The van der Waals surface area contributed by atoms with Gasteiger partial charge >= 0.3 is 0 Å². The maximum atomic E-state index is 14.1. The van der Waals surface area contributed by atoms with Crippen LogP contribution in [-0.4, -0.2) is 60.5 Å². The Bertz CT molecular complexity index is 915. The molecule has 2 amide bonds. The summed E-state index contributed by atoms with van der Waals surface area (Å²) in [6, 6.07) is 11.6. The lowest BCUT2D eigenvalue weighted by atomic mass is 10.1. The van der Waals surface area contributed by atoms with Crippen LogP contribution in [0.15, 0.2) is 46.9 Å². The van der Waals surface area contributed by atoms with Crippen LogP contribution in [0.4, 0.5) is 4.39 Å². The van der Waals surface area contributed by atoms with Crippen molar-refractivity contribution >= 4 is 27.7 Å². The number of hydrogen-bond acceptors (Lipinski definition) is 4. The number of benzene rings is 2. The zero-order chi connectivity index (χ0) is 19.7. The quantitative estimate of drug-likeness (QED) is 0.708. The zero-order valence-electron chi connectivity index (χ0n) is 14.9. The molecule has 1 atom stereocenters. The second kappa shape index (κ2) is 7.79. The largest absolute Gasteiger partial charge is 0.485 e. The summed E-state index contributed by atoms with van der Waals surface area (Å²) in [5, 5.41) is 0. The molecule has 2 aliphatic heterocycles. The summed E-state index contributed by atoms with van der Waals surface area (Å²) in [7, 11) is 0. The molecule has 2 aromatic rings. The summed E-state index contributed by atoms with van der Waals surface area (Å²) in [5.74, 6) is 0.0640. The van der Waals surface area contributed by atoms with E-state index in [2.05, 4.69) is 15.9 Å². The minimum atomic E-state index is -0.707. The fourth-order valence-corrected chi connectivity index (χ4v) is 3.64. The van der Waals surface area contributed by atoms with E-state index in [1.165, 1.54) is 12.1 Å². The van der Waals surface area contributed by atoms with Crippen molar-refractivity contribution in [2.45, 2.75) is 6.10 Å². The molecule has 0 radical (unpaired) electrons. The number of piperazine rings is 1. The van der Waals surface area contributed by atoms with E-state index >= 15 is 0 Å². The Morgan fingerprint density at radius 2 is 1.68 bits per heavy atom.